The molecule has 0 spiro atoms. The molecule has 0 radical (unpaired) electrons. The predicted molar refractivity (Wildman–Crippen MR) is 83.3 cm³/mol. The summed E-state index contributed by atoms with van der Waals surface area (Å²) in [6.07, 6.45) is 6.63. The molecule has 2 amide bonds. The summed E-state index contributed by atoms with van der Waals surface area (Å²) in [6, 6.07) is 0.0232. The van der Waals surface area contributed by atoms with Crippen LogP contribution in [0, 0.1) is 5.41 Å². The molecular formula is C16H30N2O3. The lowest BCUT2D eigenvalue weighted by atomic mass is 9.83. The van der Waals surface area contributed by atoms with E-state index in [-0.39, 0.29) is 23.9 Å². The fourth-order valence-electron chi connectivity index (χ4n) is 3.14. The molecule has 5 nitrogen and oxygen atoms in total. The second-order valence-electron chi connectivity index (χ2n) is 6.50. The van der Waals surface area contributed by atoms with Crippen LogP contribution >= 0.6 is 0 Å². The summed E-state index contributed by atoms with van der Waals surface area (Å²) < 4.78 is 0. The molecule has 0 aromatic carbocycles. The van der Waals surface area contributed by atoms with Crippen LogP contribution in [-0.2, 0) is 4.79 Å². The van der Waals surface area contributed by atoms with Crippen molar-refractivity contribution in [1.82, 2.24) is 10.2 Å². The first-order valence-corrected chi connectivity index (χ1v) is 8.16. The molecule has 1 rings (SSSR count). The standard InChI is InChI=1S/C16H30N2O3/c1-4-16(9-5-6-10-16)12-17-15(21)18(13(2)3)11-7-8-14(19)20/h13H,4-12H2,1-3H3,(H,17,21)(H,19,20). The monoisotopic (exact) mass is 298 g/mol. The lowest BCUT2D eigenvalue weighted by Gasteiger charge is -2.31. The molecule has 0 unspecified atom stereocenters. The van der Waals surface area contributed by atoms with Crippen LogP contribution < -0.4 is 5.32 Å². The number of nitrogens with one attached hydrogen (secondary N) is 1. The third kappa shape index (κ3) is 5.56. The Labute approximate surface area is 128 Å². The summed E-state index contributed by atoms with van der Waals surface area (Å²) in [5, 5.41) is 11.8. The predicted octanol–water partition coefficient (Wildman–Crippen LogP) is 3.24. The number of carboxylic acids is 1. The highest BCUT2D eigenvalue weighted by Crippen LogP contribution is 2.40. The number of amides is 2. The molecule has 5 heteroatoms. The van der Waals surface area contributed by atoms with E-state index in [0.717, 1.165) is 13.0 Å². The van der Waals surface area contributed by atoms with E-state index in [2.05, 4.69) is 12.2 Å². The summed E-state index contributed by atoms with van der Waals surface area (Å²) in [6.45, 7) is 7.36. The van der Waals surface area contributed by atoms with E-state index in [9.17, 15) is 9.59 Å². The first-order valence-electron chi connectivity index (χ1n) is 8.16. The zero-order valence-corrected chi connectivity index (χ0v) is 13.7. The Bertz CT molecular complexity index is 349. The SMILES string of the molecule is CCC1(CNC(=O)N(CCCC(=O)O)C(C)C)CCCC1. The maximum absolute atomic E-state index is 12.3. The summed E-state index contributed by atoms with van der Waals surface area (Å²) in [5.41, 5.74) is 0.277. The summed E-state index contributed by atoms with van der Waals surface area (Å²) in [5.74, 6) is -0.810. The average Bonchev–Trinajstić information content (AvgIpc) is 2.90. The van der Waals surface area contributed by atoms with E-state index >= 15 is 0 Å². The number of carbonyl (C=O) groups excluding carboxylic acids is 1. The van der Waals surface area contributed by atoms with Crippen LogP contribution in [-0.4, -0.2) is 41.1 Å². The van der Waals surface area contributed by atoms with Gasteiger partial charge in [0.1, 0.15) is 0 Å². The maximum atomic E-state index is 12.3. The molecule has 0 atom stereocenters. The van der Waals surface area contributed by atoms with E-state index in [1.54, 1.807) is 4.90 Å². The van der Waals surface area contributed by atoms with Crippen molar-refractivity contribution in [3.05, 3.63) is 0 Å². The Balaban J connectivity index is 2.46. The molecule has 0 heterocycles. The Kier molecular flexibility index (Phi) is 6.99. The zero-order valence-electron chi connectivity index (χ0n) is 13.7. The van der Waals surface area contributed by atoms with Crippen molar-refractivity contribution in [3.63, 3.8) is 0 Å². The second-order valence-corrected chi connectivity index (χ2v) is 6.50. The normalized spacial score (nSPS) is 17.0. The van der Waals surface area contributed by atoms with Gasteiger partial charge in [0.15, 0.2) is 0 Å². The molecule has 21 heavy (non-hydrogen) atoms. The average molecular weight is 298 g/mol. The quantitative estimate of drug-likeness (QED) is 0.722. The number of hydrogen-bond acceptors (Lipinski definition) is 2. The highest BCUT2D eigenvalue weighted by atomic mass is 16.4. The number of hydrogen-bond donors (Lipinski definition) is 2. The number of carbonyl (C=O) groups is 2. The molecule has 1 saturated carbocycles. The van der Waals surface area contributed by atoms with Gasteiger partial charge >= 0.3 is 12.0 Å². The Morgan fingerprint density at radius 1 is 1.29 bits per heavy atom. The Morgan fingerprint density at radius 2 is 1.90 bits per heavy atom. The van der Waals surface area contributed by atoms with Gasteiger partial charge < -0.3 is 15.3 Å². The van der Waals surface area contributed by atoms with E-state index < -0.39 is 5.97 Å². The van der Waals surface area contributed by atoms with Crippen molar-refractivity contribution >= 4 is 12.0 Å². The van der Waals surface area contributed by atoms with Crippen LogP contribution in [0.4, 0.5) is 4.79 Å². The van der Waals surface area contributed by atoms with Crippen molar-refractivity contribution in [2.24, 2.45) is 5.41 Å². The molecule has 2 N–H and O–H groups in total. The largest absolute Gasteiger partial charge is 0.481 e. The van der Waals surface area contributed by atoms with Crippen LogP contribution in [0.1, 0.15) is 65.7 Å². The molecule has 122 valence electrons. The van der Waals surface area contributed by atoms with Crippen molar-refractivity contribution in [2.45, 2.75) is 71.8 Å². The topological polar surface area (TPSA) is 69.6 Å². The van der Waals surface area contributed by atoms with Crippen molar-refractivity contribution in [1.29, 1.82) is 0 Å². The minimum Gasteiger partial charge on any atom is -0.481 e. The van der Waals surface area contributed by atoms with Crippen LogP contribution in [0.25, 0.3) is 0 Å². The van der Waals surface area contributed by atoms with Crippen molar-refractivity contribution < 1.29 is 14.7 Å². The minimum atomic E-state index is -0.810. The lowest BCUT2D eigenvalue weighted by molar-refractivity contribution is -0.137. The molecule has 0 aromatic rings. The number of rotatable bonds is 8. The van der Waals surface area contributed by atoms with Gasteiger partial charge in [-0.1, -0.05) is 19.8 Å². The van der Waals surface area contributed by atoms with E-state index in [0.29, 0.717) is 13.0 Å². The first-order chi connectivity index (χ1) is 9.90. The van der Waals surface area contributed by atoms with Gasteiger partial charge in [0.05, 0.1) is 0 Å². The summed E-state index contributed by atoms with van der Waals surface area (Å²) in [4.78, 5) is 24.7. The smallest absolute Gasteiger partial charge is 0.317 e. The first kappa shape index (κ1) is 17.8. The van der Waals surface area contributed by atoms with Crippen LogP contribution in [0.3, 0.4) is 0 Å². The number of aliphatic carboxylic acids is 1. The second kappa shape index (κ2) is 8.25. The molecule has 0 aromatic heterocycles. The van der Waals surface area contributed by atoms with Gasteiger partial charge in [-0.05, 0) is 44.9 Å². The van der Waals surface area contributed by atoms with Gasteiger partial charge in [-0.2, -0.15) is 0 Å². The van der Waals surface area contributed by atoms with E-state index in [4.69, 9.17) is 5.11 Å². The maximum Gasteiger partial charge on any atom is 0.317 e. The minimum absolute atomic E-state index is 0.0601. The van der Waals surface area contributed by atoms with Gasteiger partial charge in [-0.25, -0.2) is 4.79 Å². The molecule has 1 aliphatic carbocycles. The highest BCUT2D eigenvalue weighted by molar-refractivity contribution is 5.74. The fraction of sp³-hybridized carbons (Fsp3) is 0.875. The van der Waals surface area contributed by atoms with Gasteiger partial charge in [0.2, 0.25) is 0 Å². The molecule has 0 bridgehead atoms. The molecule has 0 saturated heterocycles. The van der Waals surface area contributed by atoms with Gasteiger partial charge in [-0.15, -0.1) is 0 Å². The zero-order chi connectivity index (χ0) is 15.9. The van der Waals surface area contributed by atoms with Gasteiger partial charge in [-0.3, -0.25) is 4.79 Å². The third-order valence-electron chi connectivity index (χ3n) is 4.70. The molecular weight excluding hydrogens is 268 g/mol. The fourth-order valence-corrected chi connectivity index (χ4v) is 3.14. The van der Waals surface area contributed by atoms with Crippen LogP contribution in [0.5, 0.6) is 0 Å². The number of carboxylic acid groups (broad SMARTS) is 1. The summed E-state index contributed by atoms with van der Waals surface area (Å²) >= 11 is 0. The van der Waals surface area contributed by atoms with Crippen LogP contribution in [0.2, 0.25) is 0 Å². The van der Waals surface area contributed by atoms with Gasteiger partial charge in [0, 0.05) is 25.6 Å². The third-order valence-corrected chi connectivity index (χ3v) is 4.70. The molecule has 1 fully saturated rings. The highest BCUT2D eigenvalue weighted by Gasteiger charge is 2.32. The lowest BCUT2D eigenvalue weighted by Crippen LogP contribution is -2.47. The Morgan fingerprint density at radius 3 is 2.38 bits per heavy atom. The van der Waals surface area contributed by atoms with E-state index in [1.807, 2.05) is 13.8 Å². The molecule has 0 aliphatic heterocycles. The van der Waals surface area contributed by atoms with Crippen molar-refractivity contribution in [3.8, 4) is 0 Å². The van der Waals surface area contributed by atoms with Crippen molar-refractivity contribution in [2.75, 3.05) is 13.1 Å². The molecule has 1 aliphatic rings. The number of nitrogens with zero attached hydrogens (tertiary/aromatic N) is 1. The van der Waals surface area contributed by atoms with Crippen LogP contribution in [0.15, 0.2) is 0 Å². The number of urea groups is 1. The Hall–Kier alpha value is -1.26. The van der Waals surface area contributed by atoms with E-state index in [1.165, 1.54) is 25.7 Å². The summed E-state index contributed by atoms with van der Waals surface area (Å²) in [7, 11) is 0. The van der Waals surface area contributed by atoms with Gasteiger partial charge in [0.25, 0.3) is 0 Å².